The number of nitrogens with one attached hydrogen (secondary N) is 1. The Balaban J connectivity index is 2.32. The number of allylic oxidation sites excluding steroid dienone is 2. The number of pyridine rings is 1. The maximum absolute atomic E-state index is 12.8. The number of anilines is 1. The molecule has 1 aliphatic heterocycles. The van der Waals surface area contributed by atoms with Crippen LogP contribution in [0.1, 0.15) is 29.8 Å². The highest BCUT2D eigenvalue weighted by atomic mass is 19.4. The third-order valence-corrected chi connectivity index (χ3v) is 4.17. The molecule has 1 aromatic rings. The number of aromatic nitrogens is 1. The molecule has 6 nitrogen and oxygen atoms in total. The molecule has 1 atom stereocenters. The molecule has 0 aliphatic carbocycles. The number of hydrogen-bond donors (Lipinski definition) is 2. The maximum Gasteiger partial charge on any atom is 0.407 e. The summed E-state index contributed by atoms with van der Waals surface area (Å²) in [4.78, 5) is 21.9. The minimum Gasteiger partial charge on any atom is -0.515 e. The molecule has 0 saturated carbocycles. The summed E-state index contributed by atoms with van der Waals surface area (Å²) in [7, 11) is 1.70. The third kappa shape index (κ3) is 4.87. The van der Waals surface area contributed by atoms with Crippen LogP contribution in [0, 0.1) is 0 Å². The number of aliphatic hydroxyl groups is 1. The highest BCUT2D eigenvalue weighted by molar-refractivity contribution is 6.00. The van der Waals surface area contributed by atoms with Crippen molar-refractivity contribution in [3.63, 3.8) is 0 Å². The molecule has 0 radical (unpaired) electrons. The standard InChI is InChI=1S/C18H21F3N4O2/c1-11(9-26)6-13(7-23-10-18(19,20)21)12(2)25-8-15-14(17(25)27)4-5-24-16(15)22-3/h4-7,9,12,26H,8,10H2,1-3H3,(H,22,24)/b11-9+,13-6+,23-7-. The van der Waals surface area contributed by atoms with Gasteiger partial charge in [-0.3, -0.25) is 9.79 Å². The summed E-state index contributed by atoms with van der Waals surface area (Å²) in [6.45, 7) is 2.24. The van der Waals surface area contributed by atoms with E-state index in [1.54, 1.807) is 27.0 Å². The quantitative estimate of drug-likeness (QED) is 0.449. The second-order valence-electron chi connectivity index (χ2n) is 6.15. The first-order valence-corrected chi connectivity index (χ1v) is 8.23. The van der Waals surface area contributed by atoms with E-state index in [0.717, 1.165) is 18.0 Å². The topological polar surface area (TPSA) is 77.8 Å². The number of fused-ring (bicyclic) bond motifs is 1. The molecule has 1 unspecified atom stereocenters. The number of halogens is 3. The Bertz CT molecular complexity index is 800. The van der Waals surface area contributed by atoms with Crippen molar-refractivity contribution in [2.45, 2.75) is 32.6 Å². The maximum atomic E-state index is 12.8. The summed E-state index contributed by atoms with van der Waals surface area (Å²) >= 11 is 0. The number of rotatable bonds is 6. The van der Waals surface area contributed by atoms with Crippen molar-refractivity contribution in [3.05, 3.63) is 46.9 Å². The average molecular weight is 382 g/mol. The lowest BCUT2D eigenvalue weighted by Crippen LogP contribution is -2.35. The van der Waals surface area contributed by atoms with Crippen molar-refractivity contribution >= 4 is 17.9 Å². The molecule has 0 saturated heterocycles. The van der Waals surface area contributed by atoms with Gasteiger partial charge in [-0.25, -0.2) is 4.98 Å². The fourth-order valence-corrected chi connectivity index (χ4v) is 2.78. The van der Waals surface area contributed by atoms with Crippen LogP contribution in [0.4, 0.5) is 19.0 Å². The van der Waals surface area contributed by atoms with Crippen molar-refractivity contribution in [3.8, 4) is 0 Å². The Kier molecular flexibility index (Phi) is 6.24. The number of nitrogens with zero attached hydrogens (tertiary/aromatic N) is 3. The normalized spacial score (nSPS) is 16.8. The molecule has 146 valence electrons. The lowest BCUT2D eigenvalue weighted by Gasteiger charge is -2.25. The summed E-state index contributed by atoms with van der Waals surface area (Å²) in [5.41, 5.74) is 2.04. The molecule has 2 N–H and O–H groups in total. The summed E-state index contributed by atoms with van der Waals surface area (Å²) in [5.74, 6) is 0.343. The largest absolute Gasteiger partial charge is 0.515 e. The van der Waals surface area contributed by atoms with Crippen LogP contribution in [0.5, 0.6) is 0 Å². The molecule has 9 heteroatoms. The van der Waals surface area contributed by atoms with E-state index in [9.17, 15) is 18.0 Å². The Morgan fingerprint density at radius 1 is 1.52 bits per heavy atom. The van der Waals surface area contributed by atoms with Crippen LogP contribution in [0.25, 0.3) is 0 Å². The molecule has 2 rings (SSSR count). The number of carbonyl (C=O) groups is 1. The highest BCUT2D eigenvalue weighted by Crippen LogP contribution is 2.30. The van der Waals surface area contributed by atoms with Crippen LogP contribution >= 0.6 is 0 Å². The van der Waals surface area contributed by atoms with E-state index >= 15 is 0 Å². The van der Waals surface area contributed by atoms with Crippen molar-refractivity contribution in [1.29, 1.82) is 0 Å². The van der Waals surface area contributed by atoms with Gasteiger partial charge in [0, 0.05) is 30.6 Å². The Hall–Kier alpha value is -2.84. The zero-order valence-electron chi connectivity index (χ0n) is 15.2. The van der Waals surface area contributed by atoms with Gasteiger partial charge in [-0.05, 0) is 37.1 Å². The Morgan fingerprint density at radius 2 is 2.22 bits per heavy atom. The van der Waals surface area contributed by atoms with Gasteiger partial charge in [-0.2, -0.15) is 13.2 Å². The van der Waals surface area contributed by atoms with E-state index in [4.69, 9.17) is 5.11 Å². The number of amides is 1. The van der Waals surface area contributed by atoms with Crippen molar-refractivity contribution in [1.82, 2.24) is 9.88 Å². The summed E-state index contributed by atoms with van der Waals surface area (Å²) < 4.78 is 37.2. The van der Waals surface area contributed by atoms with E-state index in [-0.39, 0.29) is 12.5 Å². The van der Waals surface area contributed by atoms with E-state index in [2.05, 4.69) is 15.3 Å². The number of hydrogen-bond acceptors (Lipinski definition) is 5. The third-order valence-electron chi connectivity index (χ3n) is 4.17. The molecule has 0 aromatic carbocycles. The lowest BCUT2D eigenvalue weighted by atomic mass is 10.1. The van der Waals surface area contributed by atoms with Gasteiger partial charge in [-0.15, -0.1) is 0 Å². The first-order valence-electron chi connectivity index (χ1n) is 8.23. The first-order chi connectivity index (χ1) is 12.7. The second-order valence-corrected chi connectivity index (χ2v) is 6.15. The highest BCUT2D eigenvalue weighted by Gasteiger charge is 2.34. The molecular formula is C18H21F3N4O2. The Labute approximate surface area is 155 Å². The number of alkyl halides is 3. The van der Waals surface area contributed by atoms with Crippen LogP contribution < -0.4 is 5.32 Å². The van der Waals surface area contributed by atoms with Gasteiger partial charge in [0.25, 0.3) is 5.91 Å². The summed E-state index contributed by atoms with van der Waals surface area (Å²) in [6.07, 6.45) is 0.543. The van der Waals surface area contributed by atoms with Crippen molar-refractivity contribution < 1.29 is 23.1 Å². The predicted molar refractivity (Wildman–Crippen MR) is 97.0 cm³/mol. The minimum absolute atomic E-state index is 0.239. The molecule has 1 aromatic heterocycles. The molecule has 2 heterocycles. The summed E-state index contributed by atoms with van der Waals surface area (Å²) in [6, 6.07) is 1.06. The molecular weight excluding hydrogens is 361 g/mol. The van der Waals surface area contributed by atoms with Gasteiger partial charge in [0.2, 0.25) is 0 Å². The lowest BCUT2D eigenvalue weighted by molar-refractivity contribution is -0.118. The predicted octanol–water partition coefficient (Wildman–Crippen LogP) is 3.49. The minimum atomic E-state index is -4.42. The molecule has 27 heavy (non-hydrogen) atoms. The monoisotopic (exact) mass is 382 g/mol. The van der Waals surface area contributed by atoms with E-state index in [0.29, 0.717) is 22.5 Å². The smallest absolute Gasteiger partial charge is 0.407 e. The van der Waals surface area contributed by atoms with Crippen molar-refractivity contribution in [2.24, 2.45) is 4.99 Å². The van der Waals surface area contributed by atoms with Crippen LogP contribution in [0.2, 0.25) is 0 Å². The number of aliphatic imine (C=N–C) groups is 1. The van der Waals surface area contributed by atoms with Gasteiger partial charge >= 0.3 is 6.18 Å². The van der Waals surface area contributed by atoms with Crippen LogP contribution in [-0.2, 0) is 6.54 Å². The molecule has 0 bridgehead atoms. The van der Waals surface area contributed by atoms with E-state index in [1.807, 2.05) is 0 Å². The van der Waals surface area contributed by atoms with Crippen LogP contribution in [-0.4, -0.2) is 52.9 Å². The zero-order chi connectivity index (χ0) is 20.2. The molecule has 0 spiro atoms. The van der Waals surface area contributed by atoms with Crippen LogP contribution in [0.3, 0.4) is 0 Å². The SMILES string of the molecule is CNc1nccc2c1CN(C(C)C(/C=N\CC(F)(F)F)=C/C(C)=C/O)C2=O. The van der Waals surface area contributed by atoms with E-state index < -0.39 is 18.8 Å². The van der Waals surface area contributed by atoms with Gasteiger partial charge in [0.1, 0.15) is 12.4 Å². The van der Waals surface area contributed by atoms with Gasteiger partial charge in [0.15, 0.2) is 0 Å². The Morgan fingerprint density at radius 3 is 2.81 bits per heavy atom. The molecule has 1 amide bonds. The average Bonchev–Trinajstić information content (AvgIpc) is 2.96. The summed E-state index contributed by atoms with van der Waals surface area (Å²) in [5, 5.41) is 12.1. The van der Waals surface area contributed by atoms with Gasteiger partial charge in [0.05, 0.1) is 18.8 Å². The molecule has 0 fully saturated rings. The van der Waals surface area contributed by atoms with Gasteiger partial charge < -0.3 is 15.3 Å². The van der Waals surface area contributed by atoms with E-state index in [1.165, 1.54) is 17.2 Å². The number of aliphatic hydroxyl groups excluding tert-OH is 1. The zero-order valence-corrected chi connectivity index (χ0v) is 15.2. The first kappa shape index (κ1) is 20.5. The second kappa shape index (κ2) is 8.24. The van der Waals surface area contributed by atoms with Crippen molar-refractivity contribution in [2.75, 3.05) is 18.9 Å². The van der Waals surface area contributed by atoms with Gasteiger partial charge in [-0.1, -0.05) is 0 Å². The number of carbonyl (C=O) groups excluding carboxylic acids is 1. The van der Waals surface area contributed by atoms with Crippen LogP contribution in [0.15, 0.2) is 40.7 Å². The fraction of sp³-hybridized carbons (Fsp3) is 0.389. The molecule has 1 aliphatic rings. The fourth-order valence-electron chi connectivity index (χ4n) is 2.78.